The SMILES string of the molecule is CCOc1ccc(C(Cl)c2cc(Cl)ccc2C)c(Br)c1. The average molecular weight is 374 g/mol. The minimum atomic E-state index is -0.251. The van der Waals surface area contributed by atoms with Gasteiger partial charge in [0.1, 0.15) is 5.75 Å². The smallest absolute Gasteiger partial charge is 0.120 e. The van der Waals surface area contributed by atoms with E-state index in [4.69, 9.17) is 27.9 Å². The maximum Gasteiger partial charge on any atom is 0.120 e. The van der Waals surface area contributed by atoms with E-state index in [0.717, 1.165) is 26.9 Å². The molecule has 0 spiro atoms. The van der Waals surface area contributed by atoms with Gasteiger partial charge in [-0.1, -0.05) is 39.7 Å². The van der Waals surface area contributed by atoms with Gasteiger partial charge >= 0.3 is 0 Å². The second kappa shape index (κ2) is 6.84. The summed E-state index contributed by atoms with van der Waals surface area (Å²) >= 11 is 16.2. The first kappa shape index (κ1) is 15.7. The Labute approximate surface area is 138 Å². The van der Waals surface area contributed by atoms with E-state index in [1.165, 1.54) is 0 Å². The molecule has 0 aliphatic carbocycles. The van der Waals surface area contributed by atoms with Crippen LogP contribution in [0.5, 0.6) is 5.75 Å². The van der Waals surface area contributed by atoms with Crippen molar-refractivity contribution in [2.75, 3.05) is 6.61 Å². The Balaban J connectivity index is 2.38. The summed E-state index contributed by atoms with van der Waals surface area (Å²) in [4.78, 5) is 0. The van der Waals surface area contributed by atoms with E-state index in [-0.39, 0.29) is 5.38 Å². The van der Waals surface area contributed by atoms with Crippen molar-refractivity contribution in [3.63, 3.8) is 0 Å². The van der Waals surface area contributed by atoms with Gasteiger partial charge in [0.05, 0.1) is 12.0 Å². The van der Waals surface area contributed by atoms with E-state index >= 15 is 0 Å². The number of aryl methyl sites for hydroxylation is 1. The Morgan fingerprint density at radius 1 is 1.15 bits per heavy atom. The zero-order valence-electron chi connectivity index (χ0n) is 11.3. The lowest BCUT2D eigenvalue weighted by atomic mass is 10.00. The molecule has 1 nitrogen and oxygen atoms in total. The lowest BCUT2D eigenvalue weighted by molar-refractivity contribution is 0.340. The molecule has 20 heavy (non-hydrogen) atoms. The summed E-state index contributed by atoms with van der Waals surface area (Å²) in [6.45, 7) is 4.63. The molecule has 0 N–H and O–H groups in total. The fraction of sp³-hybridized carbons (Fsp3) is 0.250. The molecule has 0 fully saturated rings. The van der Waals surface area contributed by atoms with E-state index in [1.54, 1.807) is 0 Å². The molecule has 0 aliphatic heterocycles. The molecule has 2 rings (SSSR count). The van der Waals surface area contributed by atoms with Crippen LogP contribution in [0.2, 0.25) is 5.02 Å². The number of benzene rings is 2. The van der Waals surface area contributed by atoms with Crippen LogP contribution in [0, 0.1) is 6.92 Å². The summed E-state index contributed by atoms with van der Waals surface area (Å²) in [5.74, 6) is 0.829. The third-order valence-corrected chi connectivity index (χ3v) is 4.46. The molecule has 0 amide bonds. The van der Waals surface area contributed by atoms with Crippen molar-refractivity contribution in [2.24, 2.45) is 0 Å². The van der Waals surface area contributed by atoms with E-state index < -0.39 is 0 Å². The average Bonchev–Trinajstić information content (AvgIpc) is 2.41. The van der Waals surface area contributed by atoms with Gasteiger partial charge < -0.3 is 4.74 Å². The molecule has 2 aromatic carbocycles. The molecule has 0 radical (unpaired) electrons. The summed E-state index contributed by atoms with van der Waals surface area (Å²) in [6.07, 6.45) is 0. The van der Waals surface area contributed by atoms with Gasteiger partial charge in [-0.05, 0) is 54.8 Å². The number of rotatable bonds is 4. The van der Waals surface area contributed by atoms with Crippen LogP contribution in [0.25, 0.3) is 0 Å². The molecular weight excluding hydrogens is 359 g/mol. The van der Waals surface area contributed by atoms with Crippen LogP contribution < -0.4 is 4.74 Å². The lowest BCUT2D eigenvalue weighted by Gasteiger charge is -2.16. The zero-order valence-corrected chi connectivity index (χ0v) is 14.4. The largest absolute Gasteiger partial charge is 0.494 e. The minimum absolute atomic E-state index is 0.251. The second-order valence-corrected chi connectivity index (χ2v) is 6.21. The number of hydrogen-bond acceptors (Lipinski definition) is 1. The minimum Gasteiger partial charge on any atom is -0.494 e. The van der Waals surface area contributed by atoms with Crippen LogP contribution in [-0.4, -0.2) is 6.61 Å². The Morgan fingerprint density at radius 2 is 1.90 bits per heavy atom. The Morgan fingerprint density at radius 3 is 2.55 bits per heavy atom. The second-order valence-electron chi connectivity index (χ2n) is 4.48. The first-order valence-electron chi connectivity index (χ1n) is 6.35. The third kappa shape index (κ3) is 3.49. The van der Waals surface area contributed by atoms with E-state index in [2.05, 4.69) is 15.9 Å². The normalized spacial score (nSPS) is 12.2. The zero-order chi connectivity index (χ0) is 14.7. The van der Waals surface area contributed by atoms with Crippen molar-refractivity contribution < 1.29 is 4.74 Å². The van der Waals surface area contributed by atoms with Crippen LogP contribution in [0.4, 0.5) is 0 Å². The maximum atomic E-state index is 6.61. The molecule has 0 bridgehead atoms. The number of ether oxygens (including phenoxy) is 1. The Bertz CT molecular complexity index is 613. The highest BCUT2D eigenvalue weighted by atomic mass is 79.9. The van der Waals surface area contributed by atoms with Gasteiger partial charge in [0.2, 0.25) is 0 Å². The summed E-state index contributed by atoms with van der Waals surface area (Å²) in [5.41, 5.74) is 3.14. The molecule has 0 heterocycles. The van der Waals surface area contributed by atoms with Gasteiger partial charge in [-0.3, -0.25) is 0 Å². The molecule has 0 aliphatic rings. The number of alkyl halides is 1. The van der Waals surface area contributed by atoms with E-state index in [0.29, 0.717) is 11.6 Å². The summed E-state index contributed by atoms with van der Waals surface area (Å²) < 4.78 is 6.41. The molecule has 0 aromatic heterocycles. The van der Waals surface area contributed by atoms with Gasteiger partial charge in [-0.2, -0.15) is 0 Å². The summed E-state index contributed by atoms with van der Waals surface area (Å²) in [5, 5.41) is 0.442. The van der Waals surface area contributed by atoms with Crippen LogP contribution in [0.3, 0.4) is 0 Å². The van der Waals surface area contributed by atoms with Crippen molar-refractivity contribution in [2.45, 2.75) is 19.2 Å². The number of halogens is 3. The lowest BCUT2D eigenvalue weighted by Crippen LogP contribution is -1.99. The topological polar surface area (TPSA) is 9.23 Å². The molecule has 1 unspecified atom stereocenters. The van der Waals surface area contributed by atoms with Crippen molar-refractivity contribution in [3.8, 4) is 5.75 Å². The number of hydrogen-bond donors (Lipinski definition) is 0. The van der Waals surface area contributed by atoms with E-state index in [9.17, 15) is 0 Å². The van der Waals surface area contributed by atoms with Crippen LogP contribution in [0.1, 0.15) is 29.0 Å². The molecule has 106 valence electrons. The van der Waals surface area contributed by atoms with Crippen molar-refractivity contribution in [1.82, 2.24) is 0 Å². The van der Waals surface area contributed by atoms with Crippen LogP contribution in [-0.2, 0) is 0 Å². The molecule has 1 atom stereocenters. The monoisotopic (exact) mass is 372 g/mol. The molecular formula is C16H15BrCl2O. The first-order valence-corrected chi connectivity index (χ1v) is 7.96. The Hall–Kier alpha value is -0.700. The Kier molecular flexibility index (Phi) is 5.36. The van der Waals surface area contributed by atoms with Crippen molar-refractivity contribution in [3.05, 3.63) is 62.6 Å². The van der Waals surface area contributed by atoms with Crippen LogP contribution in [0.15, 0.2) is 40.9 Å². The first-order chi connectivity index (χ1) is 9.52. The van der Waals surface area contributed by atoms with Gasteiger partial charge in [0.25, 0.3) is 0 Å². The third-order valence-electron chi connectivity index (χ3n) is 3.07. The van der Waals surface area contributed by atoms with E-state index in [1.807, 2.05) is 50.2 Å². The maximum absolute atomic E-state index is 6.61. The highest BCUT2D eigenvalue weighted by Crippen LogP contribution is 2.37. The fourth-order valence-electron chi connectivity index (χ4n) is 2.02. The van der Waals surface area contributed by atoms with Crippen LogP contribution >= 0.6 is 39.1 Å². The van der Waals surface area contributed by atoms with Gasteiger partial charge in [0, 0.05) is 9.50 Å². The summed E-state index contributed by atoms with van der Waals surface area (Å²) in [7, 11) is 0. The highest BCUT2D eigenvalue weighted by molar-refractivity contribution is 9.10. The predicted molar refractivity (Wildman–Crippen MR) is 89.2 cm³/mol. The van der Waals surface area contributed by atoms with Gasteiger partial charge in [-0.15, -0.1) is 11.6 Å². The molecule has 0 saturated carbocycles. The predicted octanol–water partition coefficient (Wildman–Crippen LogP) is 6.14. The van der Waals surface area contributed by atoms with Crippen molar-refractivity contribution >= 4 is 39.1 Å². The fourth-order valence-corrected chi connectivity index (χ4v) is 3.35. The summed E-state index contributed by atoms with van der Waals surface area (Å²) in [6, 6.07) is 11.6. The van der Waals surface area contributed by atoms with Gasteiger partial charge in [-0.25, -0.2) is 0 Å². The standard InChI is InChI=1S/C16H15BrCl2O/c1-3-20-12-6-7-13(15(17)9-12)16(19)14-8-11(18)5-4-10(14)2/h4-9,16H,3H2,1-2H3. The molecule has 2 aromatic rings. The van der Waals surface area contributed by atoms with Gasteiger partial charge in [0.15, 0.2) is 0 Å². The quantitative estimate of drug-likeness (QED) is 0.585. The highest BCUT2D eigenvalue weighted by Gasteiger charge is 2.17. The molecule has 0 saturated heterocycles. The molecule has 4 heteroatoms. The van der Waals surface area contributed by atoms with Crippen molar-refractivity contribution in [1.29, 1.82) is 0 Å².